The normalized spacial score (nSPS) is 10.9. The van der Waals surface area contributed by atoms with E-state index in [-0.39, 0.29) is 16.7 Å². The van der Waals surface area contributed by atoms with Gasteiger partial charge in [-0.25, -0.2) is 0 Å². The number of para-hydroxylation sites is 1. The van der Waals surface area contributed by atoms with E-state index in [2.05, 4.69) is 47.6 Å². The van der Waals surface area contributed by atoms with Gasteiger partial charge in [0.1, 0.15) is 5.56 Å². The Bertz CT molecular complexity index is 875. The zero-order chi connectivity index (χ0) is 19.5. The lowest BCUT2D eigenvalue weighted by molar-refractivity contribution is -0.385. The van der Waals surface area contributed by atoms with E-state index in [4.69, 9.17) is 0 Å². The number of nitro benzene ring substituents is 1. The molecule has 0 bridgehead atoms. The van der Waals surface area contributed by atoms with E-state index in [1.165, 1.54) is 24.3 Å². The van der Waals surface area contributed by atoms with Gasteiger partial charge in [0.15, 0.2) is 0 Å². The number of hydrogen-bond donors (Lipinski definition) is 2. The van der Waals surface area contributed by atoms with Crippen molar-refractivity contribution in [1.82, 2.24) is 10.9 Å². The largest absolute Gasteiger partial charge is 0.282 e. The molecule has 0 aromatic heterocycles. The summed E-state index contributed by atoms with van der Waals surface area (Å²) in [4.78, 5) is 34.7. The summed E-state index contributed by atoms with van der Waals surface area (Å²) in [6, 6.07) is 10.6. The highest BCUT2D eigenvalue weighted by atomic mass is 79.9. The van der Waals surface area contributed by atoms with Crippen LogP contribution in [0.2, 0.25) is 0 Å². The topological polar surface area (TPSA) is 101 Å². The lowest BCUT2D eigenvalue weighted by atomic mass is 9.86. The van der Waals surface area contributed by atoms with Crippen molar-refractivity contribution in [3.05, 3.63) is 73.7 Å². The number of amides is 2. The maximum absolute atomic E-state index is 12.2. The zero-order valence-electron chi connectivity index (χ0n) is 14.5. The Kier molecular flexibility index (Phi) is 5.76. The van der Waals surface area contributed by atoms with Crippen LogP contribution in [-0.4, -0.2) is 16.7 Å². The Morgan fingerprint density at radius 1 is 1.04 bits per heavy atom. The van der Waals surface area contributed by atoms with Crippen LogP contribution >= 0.6 is 15.9 Å². The lowest BCUT2D eigenvalue weighted by Gasteiger charge is -2.21. The number of nitro groups is 1. The van der Waals surface area contributed by atoms with E-state index >= 15 is 0 Å². The van der Waals surface area contributed by atoms with Gasteiger partial charge >= 0.3 is 0 Å². The predicted molar refractivity (Wildman–Crippen MR) is 101 cm³/mol. The number of hydrazine groups is 1. The molecule has 0 aliphatic carbocycles. The molecule has 0 saturated heterocycles. The van der Waals surface area contributed by atoms with Crippen LogP contribution in [0, 0.1) is 10.1 Å². The maximum Gasteiger partial charge on any atom is 0.282 e. The van der Waals surface area contributed by atoms with Crippen molar-refractivity contribution in [1.29, 1.82) is 0 Å². The Labute approximate surface area is 159 Å². The van der Waals surface area contributed by atoms with Crippen molar-refractivity contribution < 1.29 is 14.5 Å². The van der Waals surface area contributed by atoms with E-state index < -0.39 is 16.7 Å². The summed E-state index contributed by atoms with van der Waals surface area (Å²) in [7, 11) is 0. The summed E-state index contributed by atoms with van der Waals surface area (Å²) >= 11 is 3.45. The first kappa shape index (κ1) is 19.6. The molecule has 0 fully saturated rings. The molecule has 2 rings (SSSR count). The predicted octanol–water partition coefficient (Wildman–Crippen LogP) is 3.73. The molecule has 0 unspecified atom stereocenters. The zero-order valence-corrected chi connectivity index (χ0v) is 16.1. The van der Waals surface area contributed by atoms with Gasteiger partial charge in [-0.3, -0.25) is 30.6 Å². The molecule has 7 nitrogen and oxygen atoms in total. The van der Waals surface area contributed by atoms with E-state index in [0.717, 1.165) is 10.0 Å². The van der Waals surface area contributed by atoms with Gasteiger partial charge in [-0.2, -0.15) is 0 Å². The SMILES string of the molecule is CC(C)(C)c1ccc(C(=O)NNC(=O)c2ccccc2[N+](=O)[O-])cc1Br. The highest BCUT2D eigenvalue weighted by Gasteiger charge is 2.21. The summed E-state index contributed by atoms with van der Waals surface area (Å²) in [6.45, 7) is 6.17. The first-order chi connectivity index (χ1) is 12.1. The maximum atomic E-state index is 12.2. The fourth-order valence-corrected chi connectivity index (χ4v) is 3.32. The second kappa shape index (κ2) is 7.65. The van der Waals surface area contributed by atoms with Gasteiger partial charge in [-0.05, 0) is 29.2 Å². The summed E-state index contributed by atoms with van der Waals surface area (Å²) in [5, 5.41) is 11.0. The van der Waals surface area contributed by atoms with Crippen molar-refractivity contribution in [2.75, 3.05) is 0 Å². The number of nitrogens with zero attached hydrogens (tertiary/aromatic N) is 1. The molecule has 2 N–H and O–H groups in total. The first-order valence-electron chi connectivity index (χ1n) is 7.75. The Hall–Kier alpha value is -2.74. The van der Waals surface area contributed by atoms with E-state index in [1.807, 2.05) is 6.07 Å². The van der Waals surface area contributed by atoms with Gasteiger partial charge < -0.3 is 0 Å². The van der Waals surface area contributed by atoms with Crippen LogP contribution in [-0.2, 0) is 5.41 Å². The smallest absolute Gasteiger partial charge is 0.267 e. The second-order valence-corrected chi connectivity index (χ2v) is 7.48. The fourth-order valence-electron chi connectivity index (χ4n) is 2.34. The van der Waals surface area contributed by atoms with Crippen molar-refractivity contribution in [2.45, 2.75) is 26.2 Å². The number of nitrogens with one attached hydrogen (secondary N) is 2. The van der Waals surface area contributed by atoms with Crippen molar-refractivity contribution in [3.8, 4) is 0 Å². The Balaban J connectivity index is 2.11. The third-order valence-corrected chi connectivity index (χ3v) is 4.33. The van der Waals surface area contributed by atoms with E-state index in [0.29, 0.717) is 5.56 Å². The van der Waals surface area contributed by atoms with Gasteiger partial charge in [0.2, 0.25) is 0 Å². The molecule has 8 heteroatoms. The molecular weight excluding hydrogens is 402 g/mol. The minimum absolute atomic E-state index is 0.0890. The third-order valence-electron chi connectivity index (χ3n) is 3.67. The summed E-state index contributed by atoms with van der Waals surface area (Å²) < 4.78 is 0.780. The van der Waals surface area contributed by atoms with Gasteiger partial charge in [0.25, 0.3) is 17.5 Å². The molecule has 2 aromatic carbocycles. The second-order valence-electron chi connectivity index (χ2n) is 6.63. The molecule has 0 aliphatic heterocycles. The van der Waals surface area contributed by atoms with Crippen LogP contribution in [0.5, 0.6) is 0 Å². The van der Waals surface area contributed by atoms with E-state index in [9.17, 15) is 19.7 Å². The van der Waals surface area contributed by atoms with Crippen LogP contribution in [0.3, 0.4) is 0 Å². The number of benzene rings is 2. The van der Waals surface area contributed by atoms with E-state index in [1.54, 1.807) is 12.1 Å². The van der Waals surface area contributed by atoms with Gasteiger partial charge in [-0.1, -0.05) is 54.9 Å². The minimum atomic E-state index is -0.768. The quantitative estimate of drug-likeness (QED) is 0.584. The molecule has 2 amide bonds. The van der Waals surface area contributed by atoms with Gasteiger partial charge in [-0.15, -0.1) is 0 Å². The average molecular weight is 420 g/mol. The Morgan fingerprint density at radius 2 is 1.65 bits per heavy atom. The van der Waals surface area contributed by atoms with Crippen LogP contribution < -0.4 is 10.9 Å². The number of rotatable bonds is 3. The minimum Gasteiger partial charge on any atom is -0.267 e. The fraction of sp³-hybridized carbons (Fsp3) is 0.222. The third kappa shape index (κ3) is 4.45. The molecule has 0 atom stereocenters. The van der Waals surface area contributed by atoms with Crippen LogP contribution in [0.15, 0.2) is 46.9 Å². The molecule has 0 radical (unpaired) electrons. The van der Waals surface area contributed by atoms with Crippen LogP contribution in [0.1, 0.15) is 47.1 Å². The van der Waals surface area contributed by atoms with Crippen LogP contribution in [0.4, 0.5) is 5.69 Å². The molecule has 0 heterocycles. The monoisotopic (exact) mass is 419 g/mol. The Morgan fingerprint density at radius 3 is 2.23 bits per heavy atom. The lowest BCUT2D eigenvalue weighted by Crippen LogP contribution is -2.41. The van der Waals surface area contributed by atoms with Crippen molar-refractivity contribution >= 4 is 33.4 Å². The summed E-state index contributed by atoms with van der Waals surface area (Å²) in [6.07, 6.45) is 0. The summed E-state index contributed by atoms with van der Waals surface area (Å²) in [5.41, 5.74) is 5.28. The highest BCUT2D eigenvalue weighted by Crippen LogP contribution is 2.30. The average Bonchev–Trinajstić information content (AvgIpc) is 2.58. The first-order valence-corrected chi connectivity index (χ1v) is 8.54. The molecule has 0 aliphatic rings. The van der Waals surface area contributed by atoms with Gasteiger partial charge in [0, 0.05) is 16.1 Å². The number of halogens is 1. The molecule has 2 aromatic rings. The summed E-state index contributed by atoms with van der Waals surface area (Å²) in [5.74, 6) is -1.30. The number of carbonyl (C=O) groups excluding carboxylic acids is 2. The molecular formula is C18H18BrN3O4. The standard InChI is InChI=1S/C18H18BrN3O4/c1-18(2,3)13-9-8-11(10-14(13)19)16(23)20-21-17(24)12-6-4-5-7-15(12)22(25)26/h4-10H,1-3H3,(H,20,23)(H,21,24). The van der Waals surface area contributed by atoms with Crippen molar-refractivity contribution in [3.63, 3.8) is 0 Å². The molecule has 136 valence electrons. The van der Waals surface area contributed by atoms with Gasteiger partial charge in [0.05, 0.1) is 4.92 Å². The van der Waals surface area contributed by atoms with Crippen molar-refractivity contribution in [2.24, 2.45) is 0 Å². The number of carbonyl (C=O) groups is 2. The molecule has 0 saturated carbocycles. The molecule has 0 spiro atoms. The number of hydrogen-bond acceptors (Lipinski definition) is 4. The highest BCUT2D eigenvalue weighted by molar-refractivity contribution is 9.10. The molecule has 26 heavy (non-hydrogen) atoms. The van der Waals surface area contributed by atoms with Crippen LogP contribution in [0.25, 0.3) is 0 Å².